The zero-order chi connectivity index (χ0) is 23.9. The van der Waals surface area contributed by atoms with Crippen LogP contribution >= 0.6 is 11.6 Å². The number of piperazine rings is 1. The maximum absolute atomic E-state index is 13.3. The van der Waals surface area contributed by atoms with E-state index in [1.54, 1.807) is 55.5 Å². The Balaban J connectivity index is 1.36. The summed E-state index contributed by atoms with van der Waals surface area (Å²) in [6.45, 7) is 5.43. The van der Waals surface area contributed by atoms with Crippen LogP contribution in [0.3, 0.4) is 0 Å². The molecule has 176 valence electrons. The van der Waals surface area contributed by atoms with E-state index in [-0.39, 0.29) is 11.8 Å². The lowest BCUT2D eigenvalue weighted by Gasteiger charge is -2.35. The summed E-state index contributed by atoms with van der Waals surface area (Å²) < 4.78 is 5.71. The minimum absolute atomic E-state index is 0.0846. The molecule has 0 spiro atoms. The molecule has 3 aromatic carbocycles. The summed E-state index contributed by atoms with van der Waals surface area (Å²) in [5.41, 5.74) is 2.22. The van der Waals surface area contributed by atoms with E-state index < -0.39 is 6.10 Å². The van der Waals surface area contributed by atoms with Crippen molar-refractivity contribution in [2.24, 2.45) is 0 Å². The van der Waals surface area contributed by atoms with Gasteiger partial charge in [0.25, 0.3) is 11.8 Å². The van der Waals surface area contributed by atoms with Gasteiger partial charge in [0, 0.05) is 37.7 Å². The maximum Gasteiger partial charge on any atom is 0.265 e. The van der Waals surface area contributed by atoms with Crippen molar-refractivity contribution >= 4 is 29.1 Å². The first-order chi connectivity index (χ1) is 16.5. The fraction of sp³-hybridized carbons (Fsp3) is 0.259. The summed E-state index contributed by atoms with van der Waals surface area (Å²) in [5.74, 6) is 0.0828. The summed E-state index contributed by atoms with van der Waals surface area (Å²) in [6, 6.07) is 24.3. The average Bonchev–Trinajstić information content (AvgIpc) is 2.85. The molecule has 1 aliphatic heterocycles. The van der Waals surface area contributed by atoms with Crippen LogP contribution in [-0.4, -0.2) is 53.9 Å². The van der Waals surface area contributed by atoms with Gasteiger partial charge in [0.15, 0.2) is 6.10 Å². The Bertz CT molecular complexity index is 1130. The number of carbonyl (C=O) groups excluding carboxylic acids is 2. The maximum atomic E-state index is 13.3. The average molecular weight is 478 g/mol. The van der Waals surface area contributed by atoms with Crippen LogP contribution in [0.25, 0.3) is 0 Å². The molecule has 4 rings (SSSR count). The number of rotatable bonds is 7. The molecule has 3 aromatic rings. The topological polar surface area (TPSA) is 61.9 Å². The van der Waals surface area contributed by atoms with E-state index in [4.69, 9.17) is 16.3 Å². The van der Waals surface area contributed by atoms with Gasteiger partial charge in [-0.05, 0) is 42.8 Å². The Kier molecular flexibility index (Phi) is 7.83. The number of hydrogen-bond acceptors (Lipinski definition) is 4. The minimum atomic E-state index is -0.761. The Morgan fingerprint density at radius 3 is 2.38 bits per heavy atom. The molecule has 1 heterocycles. The van der Waals surface area contributed by atoms with Gasteiger partial charge in [0.1, 0.15) is 5.75 Å². The van der Waals surface area contributed by atoms with Gasteiger partial charge in [-0.25, -0.2) is 0 Å². The molecule has 34 heavy (non-hydrogen) atoms. The summed E-state index contributed by atoms with van der Waals surface area (Å²) in [6.07, 6.45) is -0.761. The Labute approximate surface area is 205 Å². The number of hydrogen-bond donors (Lipinski definition) is 1. The van der Waals surface area contributed by atoms with E-state index in [0.29, 0.717) is 35.1 Å². The lowest BCUT2D eigenvalue weighted by molar-refractivity contribution is -0.122. The zero-order valence-electron chi connectivity index (χ0n) is 19.1. The minimum Gasteiger partial charge on any atom is -0.481 e. The van der Waals surface area contributed by atoms with Crippen LogP contribution in [0, 0.1) is 0 Å². The lowest BCUT2D eigenvalue weighted by Crippen LogP contribution is -2.48. The van der Waals surface area contributed by atoms with Crippen LogP contribution in [0.15, 0.2) is 78.9 Å². The van der Waals surface area contributed by atoms with Crippen LogP contribution in [-0.2, 0) is 11.3 Å². The van der Waals surface area contributed by atoms with Crippen molar-refractivity contribution in [2.75, 3.05) is 31.5 Å². The van der Waals surface area contributed by atoms with Gasteiger partial charge in [-0.15, -0.1) is 0 Å². The van der Waals surface area contributed by atoms with Gasteiger partial charge in [0.05, 0.1) is 11.3 Å². The number of ether oxygens (including phenoxy) is 1. The number of anilines is 1. The molecule has 6 nitrogen and oxygen atoms in total. The second-order valence-electron chi connectivity index (χ2n) is 8.31. The van der Waals surface area contributed by atoms with Crippen molar-refractivity contribution in [3.8, 4) is 5.75 Å². The van der Waals surface area contributed by atoms with Crippen molar-refractivity contribution in [1.82, 2.24) is 9.80 Å². The van der Waals surface area contributed by atoms with Crippen LogP contribution < -0.4 is 10.1 Å². The number of nitrogens with one attached hydrogen (secondary N) is 1. The highest BCUT2D eigenvalue weighted by Crippen LogP contribution is 2.21. The van der Waals surface area contributed by atoms with Crippen LogP contribution in [0.2, 0.25) is 5.02 Å². The van der Waals surface area contributed by atoms with Gasteiger partial charge in [0.2, 0.25) is 0 Å². The largest absolute Gasteiger partial charge is 0.481 e. The Morgan fingerprint density at radius 2 is 1.65 bits per heavy atom. The number of halogens is 1. The Morgan fingerprint density at radius 1 is 0.941 bits per heavy atom. The smallest absolute Gasteiger partial charge is 0.265 e. The fourth-order valence-corrected chi connectivity index (χ4v) is 4.11. The molecule has 1 aliphatic rings. The third kappa shape index (κ3) is 6.16. The molecule has 1 N–H and O–H groups in total. The molecule has 0 bridgehead atoms. The highest BCUT2D eigenvalue weighted by atomic mass is 35.5. The van der Waals surface area contributed by atoms with E-state index in [9.17, 15) is 9.59 Å². The number of carbonyl (C=O) groups is 2. The fourth-order valence-electron chi connectivity index (χ4n) is 3.93. The monoisotopic (exact) mass is 477 g/mol. The van der Waals surface area contributed by atoms with E-state index in [1.165, 1.54) is 5.56 Å². The molecule has 2 amide bonds. The molecule has 1 fully saturated rings. The predicted octanol–water partition coefficient (Wildman–Crippen LogP) is 4.70. The van der Waals surface area contributed by atoms with Crippen molar-refractivity contribution in [2.45, 2.75) is 19.6 Å². The van der Waals surface area contributed by atoms with Gasteiger partial charge >= 0.3 is 0 Å². The third-order valence-electron chi connectivity index (χ3n) is 5.80. The van der Waals surface area contributed by atoms with E-state index in [2.05, 4.69) is 22.3 Å². The van der Waals surface area contributed by atoms with Crippen LogP contribution in [0.5, 0.6) is 5.75 Å². The highest BCUT2D eigenvalue weighted by Gasteiger charge is 2.25. The van der Waals surface area contributed by atoms with Gasteiger partial charge in [-0.2, -0.15) is 0 Å². The first-order valence-electron chi connectivity index (χ1n) is 11.4. The molecule has 1 saturated heterocycles. The Hall–Kier alpha value is -3.35. The third-order valence-corrected chi connectivity index (χ3v) is 6.04. The van der Waals surface area contributed by atoms with Crippen LogP contribution in [0.4, 0.5) is 5.69 Å². The standard InChI is InChI=1S/C27H28ClN3O3/c1-20(34-23-11-7-10-22(28)18-23)26(32)29-25-13-6-5-12-24(25)27(33)31-16-14-30(15-17-31)19-21-8-3-2-4-9-21/h2-13,18,20H,14-17,19H2,1H3,(H,29,32). The molecule has 7 heteroatoms. The van der Waals surface area contributed by atoms with Crippen molar-refractivity contribution in [1.29, 1.82) is 0 Å². The first kappa shape index (κ1) is 23.8. The van der Waals surface area contributed by atoms with Crippen molar-refractivity contribution in [3.63, 3.8) is 0 Å². The van der Waals surface area contributed by atoms with Crippen LogP contribution in [0.1, 0.15) is 22.8 Å². The normalized spacial score (nSPS) is 14.9. The number of nitrogens with zero attached hydrogens (tertiary/aromatic N) is 2. The molecule has 0 aromatic heterocycles. The highest BCUT2D eigenvalue weighted by molar-refractivity contribution is 6.30. The van der Waals surface area contributed by atoms with Gasteiger partial charge in [-0.3, -0.25) is 14.5 Å². The summed E-state index contributed by atoms with van der Waals surface area (Å²) in [4.78, 5) is 30.2. The predicted molar refractivity (Wildman–Crippen MR) is 134 cm³/mol. The summed E-state index contributed by atoms with van der Waals surface area (Å²) >= 11 is 5.99. The SMILES string of the molecule is CC(Oc1cccc(Cl)c1)C(=O)Nc1ccccc1C(=O)N1CCN(Cc2ccccc2)CC1. The number of amides is 2. The second-order valence-corrected chi connectivity index (χ2v) is 8.74. The molecule has 0 saturated carbocycles. The zero-order valence-corrected chi connectivity index (χ0v) is 19.9. The molecule has 0 radical (unpaired) electrons. The summed E-state index contributed by atoms with van der Waals surface area (Å²) in [7, 11) is 0. The van der Waals surface area contributed by atoms with Gasteiger partial charge < -0.3 is 15.0 Å². The molecular formula is C27H28ClN3O3. The van der Waals surface area contributed by atoms with E-state index in [0.717, 1.165) is 19.6 Å². The number of para-hydroxylation sites is 1. The van der Waals surface area contributed by atoms with E-state index >= 15 is 0 Å². The van der Waals surface area contributed by atoms with Gasteiger partial charge in [-0.1, -0.05) is 60.1 Å². The summed E-state index contributed by atoms with van der Waals surface area (Å²) in [5, 5.41) is 3.38. The molecular weight excluding hydrogens is 450 g/mol. The van der Waals surface area contributed by atoms with E-state index in [1.807, 2.05) is 23.1 Å². The molecule has 1 unspecified atom stereocenters. The lowest BCUT2D eigenvalue weighted by atomic mass is 10.1. The molecule has 1 atom stereocenters. The quantitative estimate of drug-likeness (QED) is 0.535. The number of benzene rings is 3. The first-order valence-corrected chi connectivity index (χ1v) is 11.7. The van der Waals surface area contributed by atoms with Crippen molar-refractivity contribution in [3.05, 3.63) is 95.0 Å². The molecule has 0 aliphatic carbocycles. The van der Waals surface area contributed by atoms with Crippen molar-refractivity contribution < 1.29 is 14.3 Å². The second kappa shape index (κ2) is 11.2.